The number of para-hydroxylation sites is 2. The summed E-state index contributed by atoms with van der Waals surface area (Å²) < 4.78 is 4.75. The zero-order chi connectivity index (χ0) is 33.5. The van der Waals surface area contributed by atoms with Crippen molar-refractivity contribution in [2.75, 3.05) is 0 Å². The maximum Gasteiger partial charge on any atom is 0.137 e. The maximum absolute atomic E-state index is 4.92. The van der Waals surface area contributed by atoms with Crippen molar-refractivity contribution in [3.05, 3.63) is 170 Å². The highest BCUT2D eigenvalue weighted by Crippen LogP contribution is 2.43. The summed E-state index contributed by atoms with van der Waals surface area (Å²) in [5.41, 5.74) is 6.85. The number of hydrogen-bond donors (Lipinski definition) is 0. The zero-order valence-corrected chi connectivity index (χ0v) is 28.2. The van der Waals surface area contributed by atoms with Gasteiger partial charge in [0, 0.05) is 60.2 Å². The summed E-state index contributed by atoms with van der Waals surface area (Å²) in [4.78, 5) is 12.1. The molecule has 5 heteroatoms. The minimum atomic E-state index is 0.902. The minimum Gasteiger partial charge on any atom is -0.309 e. The molecule has 0 amide bonds. The summed E-state index contributed by atoms with van der Waals surface area (Å²) in [6, 6.07) is 56.7. The Kier molecular flexibility index (Phi) is 6.15. The number of fused-ring (bicyclic) bond motifs is 13. The van der Waals surface area contributed by atoms with Crippen LogP contribution in [0.1, 0.15) is 0 Å². The van der Waals surface area contributed by atoms with Crippen LogP contribution in [0.3, 0.4) is 0 Å². The highest BCUT2D eigenvalue weighted by molar-refractivity contribution is 7.99. The van der Waals surface area contributed by atoms with E-state index in [1.165, 1.54) is 74.8 Å². The molecule has 0 radical (unpaired) electrons. The average molecular weight is 669 g/mol. The van der Waals surface area contributed by atoms with E-state index in [1.54, 1.807) is 11.8 Å². The van der Waals surface area contributed by atoms with Crippen LogP contribution < -0.4 is 0 Å². The largest absolute Gasteiger partial charge is 0.309 e. The molecule has 0 N–H and O–H groups in total. The average Bonchev–Trinajstić information content (AvgIpc) is 3.71. The van der Waals surface area contributed by atoms with Crippen molar-refractivity contribution in [1.29, 1.82) is 0 Å². The Morgan fingerprint density at radius 3 is 1.90 bits per heavy atom. The van der Waals surface area contributed by atoms with Crippen LogP contribution in [0.25, 0.3) is 87.6 Å². The van der Waals surface area contributed by atoms with E-state index in [-0.39, 0.29) is 0 Å². The van der Waals surface area contributed by atoms with Crippen molar-refractivity contribution in [2.24, 2.45) is 0 Å². The Hall–Kier alpha value is -6.43. The number of aromatic nitrogens is 4. The molecule has 4 nitrogen and oxygen atoms in total. The number of benzene rings is 7. The molecule has 0 saturated heterocycles. The van der Waals surface area contributed by atoms with E-state index in [1.807, 2.05) is 24.5 Å². The molecule has 0 atom stereocenters. The maximum atomic E-state index is 4.92. The molecule has 0 fully saturated rings. The quantitative estimate of drug-likeness (QED) is 0.175. The van der Waals surface area contributed by atoms with Crippen molar-refractivity contribution >= 4 is 87.8 Å². The lowest BCUT2D eigenvalue weighted by molar-refractivity contribution is 1.08. The summed E-state index contributed by atoms with van der Waals surface area (Å²) in [5.74, 6) is 0.902. The molecule has 0 aliphatic carbocycles. The lowest BCUT2D eigenvalue weighted by Gasteiger charge is -2.11. The third-order valence-corrected chi connectivity index (χ3v) is 11.2. The Bertz CT molecular complexity index is 3130. The second-order valence-electron chi connectivity index (χ2n) is 13.0. The van der Waals surface area contributed by atoms with Gasteiger partial charge in [-0.2, -0.15) is 0 Å². The van der Waals surface area contributed by atoms with Gasteiger partial charge in [-0.05, 0) is 82.9 Å². The fourth-order valence-corrected chi connectivity index (χ4v) is 9.01. The molecule has 7 aromatic carbocycles. The van der Waals surface area contributed by atoms with Gasteiger partial charge in [0.15, 0.2) is 0 Å². The van der Waals surface area contributed by atoms with Gasteiger partial charge in [-0.1, -0.05) is 103 Å². The van der Waals surface area contributed by atoms with Crippen molar-refractivity contribution in [3.8, 4) is 11.5 Å². The van der Waals surface area contributed by atoms with Gasteiger partial charge >= 0.3 is 0 Å². The van der Waals surface area contributed by atoms with Crippen LogP contribution >= 0.6 is 11.8 Å². The second-order valence-corrected chi connectivity index (χ2v) is 14.1. The number of rotatable bonds is 4. The first kappa shape index (κ1) is 28.4. The van der Waals surface area contributed by atoms with Crippen LogP contribution in [0.2, 0.25) is 0 Å². The Morgan fingerprint density at radius 2 is 1.06 bits per heavy atom. The molecular formula is C46H28N4S. The number of hydrogen-bond acceptors (Lipinski definition) is 3. The fourth-order valence-electron chi connectivity index (χ4n) is 8.12. The molecule has 0 spiro atoms. The SMILES string of the molecule is c1ccc(-n2c3ccccc3c3c2ccc2c4ccc(Sc5ccc6c7ccccc7c7cccnc7c6c5)cc4n(-c4ccccn4)c23)cc1. The van der Waals surface area contributed by atoms with Crippen molar-refractivity contribution in [2.45, 2.75) is 9.79 Å². The molecule has 0 aliphatic heterocycles. The van der Waals surface area contributed by atoms with Gasteiger partial charge in [0.25, 0.3) is 0 Å². The molecule has 0 bridgehead atoms. The molecule has 11 aromatic rings. The van der Waals surface area contributed by atoms with E-state index in [4.69, 9.17) is 9.97 Å². The van der Waals surface area contributed by atoms with Crippen molar-refractivity contribution in [1.82, 2.24) is 19.1 Å². The molecular weight excluding hydrogens is 641 g/mol. The van der Waals surface area contributed by atoms with Gasteiger partial charge in [-0.15, -0.1) is 0 Å². The summed E-state index contributed by atoms with van der Waals surface area (Å²) in [5, 5.41) is 11.0. The molecule has 4 heterocycles. The second kappa shape index (κ2) is 11.0. The summed E-state index contributed by atoms with van der Waals surface area (Å²) in [6.45, 7) is 0. The first-order chi connectivity index (χ1) is 25.3. The van der Waals surface area contributed by atoms with Gasteiger partial charge in [-0.3, -0.25) is 9.55 Å². The van der Waals surface area contributed by atoms with Gasteiger partial charge in [0.1, 0.15) is 5.82 Å². The smallest absolute Gasteiger partial charge is 0.137 e. The topological polar surface area (TPSA) is 35.6 Å². The molecule has 238 valence electrons. The predicted octanol–water partition coefficient (Wildman–Crippen LogP) is 12.3. The number of nitrogens with zero attached hydrogens (tertiary/aromatic N) is 4. The van der Waals surface area contributed by atoms with Crippen LogP contribution in [0.5, 0.6) is 0 Å². The van der Waals surface area contributed by atoms with Crippen LogP contribution in [0, 0.1) is 0 Å². The fraction of sp³-hybridized carbons (Fsp3) is 0. The van der Waals surface area contributed by atoms with Gasteiger partial charge < -0.3 is 4.57 Å². The minimum absolute atomic E-state index is 0.902. The molecule has 0 saturated carbocycles. The molecule has 11 rings (SSSR count). The third kappa shape index (κ3) is 4.22. The molecule has 0 unspecified atom stereocenters. The van der Waals surface area contributed by atoms with Crippen LogP contribution in [0.4, 0.5) is 0 Å². The first-order valence-electron chi connectivity index (χ1n) is 17.2. The third-order valence-electron chi connectivity index (χ3n) is 10.2. The molecule has 4 aromatic heterocycles. The highest BCUT2D eigenvalue weighted by Gasteiger charge is 2.21. The van der Waals surface area contributed by atoms with Gasteiger partial charge in [0.05, 0.1) is 27.6 Å². The Morgan fingerprint density at radius 1 is 0.392 bits per heavy atom. The Labute approximate surface area is 297 Å². The first-order valence-corrected chi connectivity index (χ1v) is 18.0. The van der Waals surface area contributed by atoms with E-state index >= 15 is 0 Å². The molecule has 51 heavy (non-hydrogen) atoms. The highest BCUT2D eigenvalue weighted by atomic mass is 32.2. The Balaban J connectivity index is 1.15. The predicted molar refractivity (Wildman–Crippen MR) is 214 cm³/mol. The summed E-state index contributed by atoms with van der Waals surface area (Å²) in [7, 11) is 0. The molecule has 0 aliphatic rings. The van der Waals surface area contributed by atoms with Crippen molar-refractivity contribution in [3.63, 3.8) is 0 Å². The summed E-state index contributed by atoms with van der Waals surface area (Å²) >= 11 is 1.79. The zero-order valence-electron chi connectivity index (χ0n) is 27.4. The van der Waals surface area contributed by atoms with Gasteiger partial charge in [0.2, 0.25) is 0 Å². The van der Waals surface area contributed by atoms with E-state index in [9.17, 15) is 0 Å². The lowest BCUT2D eigenvalue weighted by Crippen LogP contribution is -1.97. The van der Waals surface area contributed by atoms with Crippen LogP contribution in [-0.2, 0) is 0 Å². The standard InChI is InChI=1S/C46H28N4S/c1-2-11-29(12-3-1)49-40-17-7-6-15-38(40)44-41(49)24-23-37-35-22-20-31(28-42(35)50(46(37)44)43-18-8-9-25-47-43)51-30-19-21-34-32-13-4-5-14-33(32)36-16-10-26-48-45(36)39(34)27-30/h1-28H. The van der Waals surface area contributed by atoms with Crippen molar-refractivity contribution < 1.29 is 0 Å². The lowest BCUT2D eigenvalue weighted by atomic mass is 9.97. The van der Waals surface area contributed by atoms with Crippen LogP contribution in [0.15, 0.2) is 180 Å². The van der Waals surface area contributed by atoms with E-state index in [0.29, 0.717) is 0 Å². The van der Waals surface area contributed by atoms with E-state index in [2.05, 4.69) is 155 Å². The van der Waals surface area contributed by atoms with E-state index < -0.39 is 0 Å². The van der Waals surface area contributed by atoms with E-state index in [0.717, 1.165) is 22.5 Å². The van der Waals surface area contributed by atoms with Crippen LogP contribution in [-0.4, -0.2) is 19.1 Å². The normalized spacial score (nSPS) is 12.0. The number of pyridine rings is 2. The monoisotopic (exact) mass is 668 g/mol. The van der Waals surface area contributed by atoms with Gasteiger partial charge in [-0.25, -0.2) is 4.98 Å². The summed E-state index contributed by atoms with van der Waals surface area (Å²) in [6.07, 6.45) is 3.78.